The lowest BCUT2D eigenvalue weighted by atomic mass is 9.98. The van der Waals surface area contributed by atoms with E-state index < -0.39 is 54.1 Å². The van der Waals surface area contributed by atoms with Crippen LogP contribution in [0.5, 0.6) is 0 Å². The lowest BCUT2D eigenvalue weighted by Gasteiger charge is -2.36. The second-order valence-electron chi connectivity index (χ2n) is 6.77. The zero-order valence-corrected chi connectivity index (χ0v) is 13.5. The molecule has 3 aliphatic rings. The normalized spacial score (nSPS) is 40.3. The average Bonchev–Trinajstić information content (AvgIpc) is 2.89. The summed E-state index contributed by atoms with van der Waals surface area (Å²) < 4.78 is 28.9. The largest absolute Gasteiger partial charge is 0.368 e. The van der Waals surface area contributed by atoms with Crippen LogP contribution >= 0.6 is 0 Å². The number of amides is 2. The van der Waals surface area contributed by atoms with Gasteiger partial charge in [0.1, 0.15) is 18.3 Å². The minimum absolute atomic E-state index is 0.280. The molecule has 5 atom stereocenters. The standard InChI is InChI=1S/C14H22N2O7/c1-13(2)20-7-8(21-13)10-12(23-14(3,4)22-10)19-9(7)11(18)16-5-6(15)17/h7-10,12H,5H2,1-4H3,(H2,15,17)(H,16,18)/t7-,8+,9+,10+,12+/m1/s1. The van der Waals surface area contributed by atoms with E-state index in [1.165, 1.54) is 0 Å². The first-order chi connectivity index (χ1) is 10.6. The molecule has 0 spiro atoms. The average molecular weight is 330 g/mol. The van der Waals surface area contributed by atoms with Gasteiger partial charge in [0.05, 0.1) is 6.54 Å². The van der Waals surface area contributed by atoms with Crippen molar-refractivity contribution in [2.24, 2.45) is 5.73 Å². The minimum atomic E-state index is -0.986. The first kappa shape index (κ1) is 16.6. The molecule has 9 heteroatoms. The highest BCUT2D eigenvalue weighted by Gasteiger charge is 2.62. The van der Waals surface area contributed by atoms with E-state index in [1.54, 1.807) is 27.7 Å². The number of hydrogen-bond donors (Lipinski definition) is 2. The molecular formula is C14H22N2O7. The van der Waals surface area contributed by atoms with Crippen LogP contribution in [0.2, 0.25) is 0 Å². The molecule has 2 amide bonds. The van der Waals surface area contributed by atoms with Crippen molar-refractivity contribution >= 4 is 11.8 Å². The van der Waals surface area contributed by atoms with Crippen molar-refractivity contribution in [2.75, 3.05) is 6.54 Å². The number of nitrogens with one attached hydrogen (secondary N) is 1. The molecule has 0 aliphatic carbocycles. The second kappa shape index (κ2) is 5.38. The van der Waals surface area contributed by atoms with Gasteiger partial charge in [-0.3, -0.25) is 9.59 Å². The van der Waals surface area contributed by atoms with Crippen molar-refractivity contribution in [1.82, 2.24) is 5.32 Å². The topological polar surface area (TPSA) is 118 Å². The molecule has 0 saturated carbocycles. The summed E-state index contributed by atoms with van der Waals surface area (Å²) in [5.74, 6) is -2.89. The van der Waals surface area contributed by atoms with Gasteiger partial charge in [0.2, 0.25) is 5.91 Å². The fourth-order valence-electron chi connectivity index (χ4n) is 3.10. The summed E-state index contributed by atoms with van der Waals surface area (Å²) in [5, 5.41) is 2.42. The predicted molar refractivity (Wildman–Crippen MR) is 74.7 cm³/mol. The number of primary amides is 1. The number of carbonyl (C=O) groups excluding carboxylic acids is 2. The molecule has 3 aliphatic heterocycles. The molecule has 0 bridgehead atoms. The van der Waals surface area contributed by atoms with E-state index >= 15 is 0 Å². The van der Waals surface area contributed by atoms with Gasteiger partial charge in [0.25, 0.3) is 5.91 Å². The Balaban J connectivity index is 1.81. The van der Waals surface area contributed by atoms with Crippen LogP contribution in [0.1, 0.15) is 27.7 Å². The highest BCUT2D eigenvalue weighted by molar-refractivity contribution is 5.86. The third-order valence-electron chi connectivity index (χ3n) is 3.85. The molecular weight excluding hydrogens is 308 g/mol. The number of ether oxygens (including phenoxy) is 5. The summed E-state index contributed by atoms with van der Waals surface area (Å²) in [7, 11) is 0. The summed E-state index contributed by atoms with van der Waals surface area (Å²) >= 11 is 0. The van der Waals surface area contributed by atoms with Crippen LogP contribution in [0.3, 0.4) is 0 Å². The third-order valence-corrected chi connectivity index (χ3v) is 3.85. The fraction of sp³-hybridized carbons (Fsp3) is 0.857. The minimum Gasteiger partial charge on any atom is -0.368 e. The van der Waals surface area contributed by atoms with E-state index in [0.717, 1.165) is 0 Å². The number of nitrogens with two attached hydrogens (primary N) is 1. The van der Waals surface area contributed by atoms with Gasteiger partial charge in [-0.2, -0.15) is 0 Å². The van der Waals surface area contributed by atoms with Gasteiger partial charge in [-0.25, -0.2) is 0 Å². The van der Waals surface area contributed by atoms with Crippen molar-refractivity contribution in [3.05, 3.63) is 0 Å². The molecule has 130 valence electrons. The second-order valence-corrected chi connectivity index (χ2v) is 6.77. The van der Waals surface area contributed by atoms with Crippen molar-refractivity contribution in [3.63, 3.8) is 0 Å². The Morgan fingerprint density at radius 1 is 0.957 bits per heavy atom. The van der Waals surface area contributed by atoms with Crippen molar-refractivity contribution in [1.29, 1.82) is 0 Å². The summed E-state index contributed by atoms with van der Waals surface area (Å²) in [6.07, 6.45) is -3.43. The van der Waals surface area contributed by atoms with E-state index in [1.807, 2.05) is 0 Å². The predicted octanol–water partition coefficient (Wildman–Crippen LogP) is -1.02. The Bertz CT molecular complexity index is 521. The third kappa shape index (κ3) is 3.20. The van der Waals surface area contributed by atoms with Crippen LogP contribution in [0, 0.1) is 0 Å². The SMILES string of the molecule is CC1(C)O[C@@H]2O[C@H](C(=O)NCC(N)=O)[C@@H]3OC(C)(C)O[C@@H]3[C@@H]2O1. The Hall–Kier alpha value is -1.26. The maximum absolute atomic E-state index is 12.3. The maximum atomic E-state index is 12.3. The van der Waals surface area contributed by atoms with Gasteiger partial charge in [0.15, 0.2) is 24.0 Å². The van der Waals surface area contributed by atoms with Crippen LogP contribution in [-0.2, 0) is 33.3 Å². The smallest absolute Gasteiger partial charge is 0.252 e. The zero-order chi connectivity index (χ0) is 17.0. The number of rotatable bonds is 3. The summed E-state index contributed by atoms with van der Waals surface area (Å²) in [4.78, 5) is 23.2. The fourth-order valence-corrected chi connectivity index (χ4v) is 3.10. The Labute approximate surface area is 133 Å². The van der Waals surface area contributed by atoms with Crippen LogP contribution in [0.25, 0.3) is 0 Å². The van der Waals surface area contributed by atoms with E-state index in [0.29, 0.717) is 0 Å². The van der Waals surface area contributed by atoms with E-state index in [-0.39, 0.29) is 6.54 Å². The molecule has 3 N–H and O–H groups in total. The van der Waals surface area contributed by atoms with E-state index in [9.17, 15) is 9.59 Å². The van der Waals surface area contributed by atoms with Gasteiger partial charge in [-0.05, 0) is 27.7 Å². The van der Waals surface area contributed by atoms with Gasteiger partial charge >= 0.3 is 0 Å². The first-order valence-corrected chi connectivity index (χ1v) is 7.51. The van der Waals surface area contributed by atoms with E-state index in [2.05, 4.69) is 5.32 Å². The Kier molecular flexibility index (Phi) is 3.88. The van der Waals surface area contributed by atoms with Crippen LogP contribution in [0.15, 0.2) is 0 Å². The molecule has 9 nitrogen and oxygen atoms in total. The number of hydrogen-bond acceptors (Lipinski definition) is 7. The van der Waals surface area contributed by atoms with Crippen LogP contribution in [-0.4, -0.2) is 60.6 Å². The van der Waals surface area contributed by atoms with E-state index in [4.69, 9.17) is 29.4 Å². The van der Waals surface area contributed by atoms with Gasteiger partial charge < -0.3 is 34.7 Å². The molecule has 3 fully saturated rings. The van der Waals surface area contributed by atoms with Gasteiger partial charge in [0, 0.05) is 0 Å². The highest BCUT2D eigenvalue weighted by atomic mass is 16.9. The Morgan fingerprint density at radius 3 is 2.17 bits per heavy atom. The monoisotopic (exact) mass is 330 g/mol. The molecule has 23 heavy (non-hydrogen) atoms. The zero-order valence-electron chi connectivity index (χ0n) is 13.5. The van der Waals surface area contributed by atoms with Crippen molar-refractivity contribution < 1.29 is 33.3 Å². The molecule has 0 aromatic carbocycles. The van der Waals surface area contributed by atoms with Crippen LogP contribution < -0.4 is 11.1 Å². The summed E-state index contributed by atoms with van der Waals surface area (Å²) in [6, 6.07) is 0. The first-order valence-electron chi connectivity index (χ1n) is 7.51. The number of carbonyl (C=O) groups is 2. The number of fused-ring (bicyclic) bond motifs is 3. The summed E-state index contributed by atoms with van der Waals surface area (Å²) in [6.45, 7) is 6.73. The van der Waals surface area contributed by atoms with Gasteiger partial charge in [-0.1, -0.05) is 0 Å². The van der Waals surface area contributed by atoms with Crippen molar-refractivity contribution in [2.45, 2.75) is 70.0 Å². The molecule has 0 aromatic rings. The van der Waals surface area contributed by atoms with Crippen LogP contribution in [0.4, 0.5) is 0 Å². The molecule has 3 rings (SSSR count). The molecule has 3 heterocycles. The molecule has 0 unspecified atom stereocenters. The lowest BCUT2D eigenvalue weighted by Crippen LogP contribution is -2.59. The van der Waals surface area contributed by atoms with Gasteiger partial charge in [-0.15, -0.1) is 0 Å². The van der Waals surface area contributed by atoms with Crippen molar-refractivity contribution in [3.8, 4) is 0 Å². The quantitative estimate of drug-likeness (QED) is 0.680. The Morgan fingerprint density at radius 2 is 1.52 bits per heavy atom. The molecule has 3 saturated heterocycles. The highest BCUT2D eigenvalue weighted by Crippen LogP contribution is 2.44. The maximum Gasteiger partial charge on any atom is 0.252 e. The molecule has 0 aromatic heterocycles. The summed E-state index contributed by atoms with van der Waals surface area (Å²) in [5.41, 5.74) is 5.05. The lowest BCUT2D eigenvalue weighted by molar-refractivity contribution is -0.231. The molecule has 0 radical (unpaired) electrons.